The average Bonchev–Trinajstić information content (AvgIpc) is 2.75. The van der Waals surface area contributed by atoms with Crippen molar-refractivity contribution in [1.29, 1.82) is 0 Å². The van der Waals surface area contributed by atoms with Crippen molar-refractivity contribution in [3.05, 3.63) is 70.8 Å². The molecule has 34 heavy (non-hydrogen) atoms. The Balaban J connectivity index is 0.000000340. The zero-order valence-electron chi connectivity index (χ0n) is 20.6. The lowest BCUT2D eigenvalue weighted by Gasteiger charge is -2.33. The molecule has 0 bridgehead atoms. The summed E-state index contributed by atoms with van der Waals surface area (Å²) in [5, 5.41) is 11.8. The summed E-state index contributed by atoms with van der Waals surface area (Å²) in [6, 6.07) is 13.9. The Hall–Kier alpha value is -3.68. The van der Waals surface area contributed by atoms with Crippen LogP contribution in [0, 0.1) is 0 Å². The van der Waals surface area contributed by atoms with Crippen LogP contribution < -0.4 is 5.32 Å². The molecule has 0 atom stereocenters. The van der Waals surface area contributed by atoms with E-state index in [-0.39, 0.29) is 0 Å². The fourth-order valence-electron chi connectivity index (χ4n) is 2.68. The topological polar surface area (TPSA) is 113 Å². The lowest BCUT2D eigenvalue weighted by molar-refractivity contribution is 0.0523. The van der Waals surface area contributed by atoms with Gasteiger partial charge in [0.2, 0.25) is 0 Å². The van der Waals surface area contributed by atoms with Gasteiger partial charge in [-0.2, -0.15) is 0 Å². The number of alkyl carbamates (subject to hydrolysis) is 1. The molecule has 0 fully saturated rings. The van der Waals surface area contributed by atoms with E-state index in [1.807, 2.05) is 41.5 Å². The Morgan fingerprint density at radius 1 is 0.853 bits per heavy atom. The first kappa shape index (κ1) is 28.4. The molecule has 0 radical (unpaired) electrons. The van der Waals surface area contributed by atoms with E-state index in [9.17, 15) is 19.2 Å². The van der Waals surface area contributed by atoms with Gasteiger partial charge >= 0.3 is 12.2 Å². The quantitative estimate of drug-likeness (QED) is 0.554. The van der Waals surface area contributed by atoms with E-state index in [2.05, 4.69) is 5.32 Å². The number of carbonyl (C=O) groups excluding carboxylic acids is 3. The van der Waals surface area contributed by atoms with Crippen molar-refractivity contribution in [2.45, 2.75) is 65.8 Å². The number of amides is 2. The van der Waals surface area contributed by atoms with Crippen LogP contribution in [0.4, 0.5) is 9.59 Å². The number of nitrogens with zero attached hydrogens (tertiary/aromatic N) is 1. The maximum Gasteiger partial charge on any atom is 0.408 e. The molecule has 0 spiro atoms. The number of nitrogens with one attached hydrogen (secondary N) is 1. The largest absolute Gasteiger partial charge is 0.465 e. The number of ether oxygens (including phenoxy) is 1. The zero-order valence-corrected chi connectivity index (χ0v) is 20.6. The number of rotatable bonds is 6. The van der Waals surface area contributed by atoms with E-state index in [4.69, 9.17) is 9.84 Å². The van der Waals surface area contributed by atoms with Crippen molar-refractivity contribution in [2.75, 3.05) is 0 Å². The fraction of sp³-hybridized carbons (Fsp3) is 0.385. The molecule has 0 heterocycles. The molecule has 0 saturated carbocycles. The van der Waals surface area contributed by atoms with Crippen molar-refractivity contribution in [2.24, 2.45) is 0 Å². The van der Waals surface area contributed by atoms with Gasteiger partial charge in [-0.05, 0) is 52.7 Å². The van der Waals surface area contributed by atoms with Crippen LogP contribution in [0.3, 0.4) is 0 Å². The van der Waals surface area contributed by atoms with Crippen molar-refractivity contribution in [1.82, 2.24) is 10.2 Å². The lowest BCUT2D eigenvalue weighted by atomic mass is 10.0. The van der Waals surface area contributed by atoms with Crippen molar-refractivity contribution in [3.8, 4) is 0 Å². The third-order valence-corrected chi connectivity index (χ3v) is 4.45. The first-order chi connectivity index (χ1) is 15.7. The Labute approximate surface area is 200 Å². The molecule has 2 aromatic carbocycles. The number of benzene rings is 2. The smallest absolute Gasteiger partial charge is 0.408 e. The molecule has 0 aliphatic heterocycles. The Morgan fingerprint density at radius 3 is 1.65 bits per heavy atom. The third-order valence-electron chi connectivity index (χ3n) is 4.45. The predicted molar refractivity (Wildman–Crippen MR) is 130 cm³/mol. The van der Waals surface area contributed by atoms with Crippen LogP contribution in [0.25, 0.3) is 0 Å². The molecule has 0 aliphatic rings. The Kier molecular flexibility index (Phi) is 10.4. The molecule has 2 aromatic rings. The SMILES string of the molecule is CC(C)(C)N(Cc1ccc(C=O)cc1)C(=O)O.CC(C)(C)OC(=O)NCc1ccc(C=O)cc1. The summed E-state index contributed by atoms with van der Waals surface area (Å²) in [5.74, 6) is 0. The molecule has 0 aromatic heterocycles. The van der Waals surface area contributed by atoms with Crippen LogP contribution in [-0.4, -0.2) is 45.9 Å². The molecule has 8 heteroatoms. The number of hydrogen-bond donors (Lipinski definition) is 2. The first-order valence-electron chi connectivity index (χ1n) is 10.8. The van der Waals surface area contributed by atoms with Gasteiger partial charge in [0.05, 0.1) is 0 Å². The van der Waals surface area contributed by atoms with Crippen LogP contribution >= 0.6 is 0 Å². The molecule has 2 rings (SSSR count). The summed E-state index contributed by atoms with van der Waals surface area (Å²) in [6.45, 7) is 11.7. The maximum atomic E-state index is 11.4. The lowest BCUT2D eigenvalue weighted by Crippen LogP contribution is -2.44. The number of carboxylic acid groups (broad SMARTS) is 1. The highest BCUT2D eigenvalue weighted by Crippen LogP contribution is 2.17. The standard InChI is InChI=1S/2C13H17NO3/c1-13(2,3)17-12(16)14-8-10-4-6-11(9-15)7-5-10;1-13(2,3)14(12(16)17)8-10-4-6-11(9-15)7-5-10/h4-7,9H,8H2,1-3H3,(H,14,16);4-7,9H,8H2,1-3H3,(H,16,17). The highest BCUT2D eigenvalue weighted by atomic mass is 16.6. The van der Waals surface area contributed by atoms with Gasteiger partial charge in [-0.25, -0.2) is 9.59 Å². The summed E-state index contributed by atoms with van der Waals surface area (Å²) < 4.78 is 5.10. The summed E-state index contributed by atoms with van der Waals surface area (Å²) in [4.78, 5) is 44.8. The van der Waals surface area contributed by atoms with Gasteiger partial charge in [-0.15, -0.1) is 0 Å². The second kappa shape index (κ2) is 12.5. The fourth-order valence-corrected chi connectivity index (χ4v) is 2.68. The van der Waals surface area contributed by atoms with E-state index in [1.54, 1.807) is 48.5 Å². The zero-order chi connectivity index (χ0) is 25.9. The second-order valence-electron chi connectivity index (χ2n) is 9.61. The average molecular weight is 471 g/mol. The summed E-state index contributed by atoms with van der Waals surface area (Å²) in [5.41, 5.74) is 2.05. The van der Waals surface area contributed by atoms with Crippen LogP contribution in [0.15, 0.2) is 48.5 Å². The summed E-state index contributed by atoms with van der Waals surface area (Å²) >= 11 is 0. The van der Waals surface area contributed by atoms with Gasteiger partial charge < -0.3 is 15.2 Å². The Morgan fingerprint density at radius 2 is 1.29 bits per heavy atom. The van der Waals surface area contributed by atoms with E-state index in [0.29, 0.717) is 24.2 Å². The summed E-state index contributed by atoms with van der Waals surface area (Å²) in [7, 11) is 0. The van der Waals surface area contributed by atoms with Crippen LogP contribution in [0.1, 0.15) is 73.4 Å². The molecular formula is C26H34N2O6. The van der Waals surface area contributed by atoms with Crippen LogP contribution in [0.2, 0.25) is 0 Å². The highest BCUT2D eigenvalue weighted by molar-refractivity contribution is 5.75. The molecular weight excluding hydrogens is 436 g/mol. The van der Waals surface area contributed by atoms with E-state index >= 15 is 0 Å². The first-order valence-corrected chi connectivity index (χ1v) is 10.8. The normalized spacial score (nSPS) is 10.9. The van der Waals surface area contributed by atoms with E-state index < -0.39 is 23.3 Å². The van der Waals surface area contributed by atoms with Gasteiger partial charge in [-0.1, -0.05) is 48.5 Å². The number of hydrogen-bond acceptors (Lipinski definition) is 5. The van der Waals surface area contributed by atoms with Crippen LogP contribution in [-0.2, 0) is 17.8 Å². The van der Waals surface area contributed by atoms with E-state index in [0.717, 1.165) is 23.7 Å². The van der Waals surface area contributed by atoms with Crippen LogP contribution in [0.5, 0.6) is 0 Å². The molecule has 184 valence electrons. The highest BCUT2D eigenvalue weighted by Gasteiger charge is 2.25. The summed E-state index contributed by atoms with van der Waals surface area (Å²) in [6.07, 6.45) is 0.155. The molecule has 0 unspecified atom stereocenters. The molecule has 2 N–H and O–H groups in total. The van der Waals surface area contributed by atoms with Crippen molar-refractivity contribution in [3.63, 3.8) is 0 Å². The second-order valence-corrected chi connectivity index (χ2v) is 9.61. The van der Waals surface area contributed by atoms with E-state index in [1.165, 1.54) is 4.90 Å². The molecule has 2 amide bonds. The number of aldehydes is 2. The van der Waals surface area contributed by atoms with Gasteiger partial charge in [-0.3, -0.25) is 14.5 Å². The minimum absolute atomic E-state index is 0.317. The molecule has 8 nitrogen and oxygen atoms in total. The molecule has 0 aliphatic carbocycles. The third kappa shape index (κ3) is 10.8. The van der Waals surface area contributed by atoms with Gasteiger partial charge in [0.15, 0.2) is 0 Å². The van der Waals surface area contributed by atoms with Gasteiger partial charge in [0, 0.05) is 29.8 Å². The number of carbonyl (C=O) groups is 4. The minimum Gasteiger partial charge on any atom is -0.465 e. The van der Waals surface area contributed by atoms with Gasteiger partial charge in [0.1, 0.15) is 18.2 Å². The van der Waals surface area contributed by atoms with Crippen molar-refractivity contribution < 1.29 is 29.0 Å². The molecule has 0 saturated heterocycles. The minimum atomic E-state index is -0.947. The predicted octanol–water partition coefficient (Wildman–Crippen LogP) is 5.30. The Bertz CT molecular complexity index is 953. The van der Waals surface area contributed by atoms with Gasteiger partial charge in [0.25, 0.3) is 0 Å². The monoisotopic (exact) mass is 470 g/mol. The van der Waals surface area contributed by atoms with Crippen molar-refractivity contribution >= 4 is 24.8 Å². The maximum absolute atomic E-state index is 11.4.